The van der Waals surface area contributed by atoms with Gasteiger partial charge in [0.1, 0.15) is 17.7 Å². The summed E-state index contributed by atoms with van der Waals surface area (Å²) in [4.78, 5) is 11.9. The fourth-order valence-corrected chi connectivity index (χ4v) is 1.77. The Morgan fingerprint density at radius 2 is 1.85 bits per heavy atom. The van der Waals surface area contributed by atoms with Crippen LogP contribution in [0, 0.1) is 11.6 Å². The molecule has 3 nitrogen and oxygen atoms in total. The first-order valence-corrected chi connectivity index (χ1v) is 6.10. The number of amides is 1. The first-order valence-electron chi connectivity index (χ1n) is 6.10. The number of hydrogen-bond donors (Lipinski definition) is 2. The molecule has 0 aliphatic rings. The molecule has 0 unspecified atom stereocenters. The molecule has 0 aliphatic heterocycles. The van der Waals surface area contributed by atoms with Gasteiger partial charge >= 0.3 is 0 Å². The highest BCUT2D eigenvalue weighted by Gasteiger charge is 2.15. The number of nitrogens with one attached hydrogen (secondary N) is 1. The molecule has 0 saturated heterocycles. The van der Waals surface area contributed by atoms with Gasteiger partial charge in [0.25, 0.3) is 0 Å². The van der Waals surface area contributed by atoms with Crippen LogP contribution in [0.2, 0.25) is 0 Å². The van der Waals surface area contributed by atoms with Gasteiger partial charge < -0.3 is 11.1 Å². The van der Waals surface area contributed by atoms with Gasteiger partial charge in [-0.15, -0.1) is 0 Å². The van der Waals surface area contributed by atoms with Gasteiger partial charge in [-0.05, 0) is 11.6 Å². The highest BCUT2D eigenvalue weighted by atomic mass is 19.1. The van der Waals surface area contributed by atoms with E-state index in [1.807, 2.05) is 6.07 Å². The van der Waals surface area contributed by atoms with E-state index >= 15 is 0 Å². The van der Waals surface area contributed by atoms with Gasteiger partial charge in [0, 0.05) is 18.2 Å². The Labute approximate surface area is 115 Å². The van der Waals surface area contributed by atoms with Crippen LogP contribution < -0.4 is 11.1 Å². The minimum atomic E-state index is -0.820. The van der Waals surface area contributed by atoms with E-state index in [0.717, 1.165) is 12.1 Å². The Morgan fingerprint density at radius 3 is 2.50 bits per heavy atom. The molecule has 1 amide bonds. The highest BCUT2D eigenvalue weighted by Crippen LogP contribution is 2.11. The van der Waals surface area contributed by atoms with E-state index < -0.39 is 23.6 Å². The second kappa shape index (κ2) is 6.25. The van der Waals surface area contributed by atoms with Gasteiger partial charge in [-0.3, -0.25) is 4.79 Å². The Kier molecular flexibility index (Phi) is 4.42. The van der Waals surface area contributed by atoms with Crippen LogP contribution in [0.25, 0.3) is 0 Å². The zero-order valence-corrected chi connectivity index (χ0v) is 10.6. The summed E-state index contributed by atoms with van der Waals surface area (Å²) in [5, 5.41) is 2.53. The predicted molar refractivity (Wildman–Crippen MR) is 71.6 cm³/mol. The standard InChI is InChI=1S/C15H14F2N2O/c16-12-7-6-11(13(17)8-12)9-19-15(20)14(18)10-4-2-1-3-5-10/h1-8,14H,9,18H2,(H,19,20)/t14-/m0/s1. The van der Waals surface area contributed by atoms with Crippen molar-refractivity contribution in [2.45, 2.75) is 12.6 Å². The van der Waals surface area contributed by atoms with Gasteiger partial charge in [-0.2, -0.15) is 0 Å². The van der Waals surface area contributed by atoms with Gasteiger partial charge in [-0.1, -0.05) is 36.4 Å². The summed E-state index contributed by atoms with van der Waals surface area (Å²) >= 11 is 0. The topological polar surface area (TPSA) is 55.1 Å². The first kappa shape index (κ1) is 14.1. The summed E-state index contributed by atoms with van der Waals surface area (Å²) < 4.78 is 26.2. The summed E-state index contributed by atoms with van der Waals surface area (Å²) in [6, 6.07) is 11.2. The van der Waals surface area contributed by atoms with Crippen LogP contribution in [-0.4, -0.2) is 5.91 Å². The lowest BCUT2D eigenvalue weighted by Crippen LogP contribution is -2.33. The molecule has 2 rings (SSSR count). The van der Waals surface area contributed by atoms with E-state index in [2.05, 4.69) is 5.32 Å². The Balaban J connectivity index is 1.98. The molecule has 1 atom stereocenters. The average Bonchev–Trinajstić information content (AvgIpc) is 2.46. The summed E-state index contributed by atoms with van der Waals surface area (Å²) in [6.45, 7) is -0.0362. The molecule has 20 heavy (non-hydrogen) atoms. The van der Waals surface area contributed by atoms with E-state index in [4.69, 9.17) is 5.73 Å². The van der Waals surface area contributed by atoms with Gasteiger partial charge in [0.15, 0.2) is 0 Å². The third-order valence-electron chi connectivity index (χ3n) is 2.91. The second-order valence-electron chi connectivity index (χ2n) is 4.34. The largest absolute Gasteiger partial charge is 0.350 e. The molecule has 0 bridgehead atoms. The highest BCUT2D eigenvalue weighted by molar-refractivity contribution is 5.82. The summed E-state index contributed by atoms with van der Waals surface area (Å²) in [5.41, 5.74) is 6.68. The van der Waals surface area contributed by atoms with Gasteiger partial charge in [-0.25, -0.2) is 8.78 Å². The zero-order valence-electron chi connectivity index (χ0n) is 10.6. The molecule has 2 aromatic carbocycles. The molecule has 0 radical (unpaired) electrons. The normalized spacial score (nSPS) is 11.9. The van der Waals surface area contributed by atoms with Crippen LogP contribution in [0.15, 0.2) is 48.5 Å². The minimum Gasteiger partial charge on any atom is -0.350 e. The van der Waals surface area contributed by atoms with E-state index in [0.29, 0.717) is 5.56 Å². The van der Waals surface area contributed by atoms with Crippen molar-refractivity contribution in [2.24, 2.45) is 5.73 Å². The van der Waals surface area contributed by atoms with Crippen LogP contribution in [-0.2, 0) is 11.3 Å². The molecule has 0 heterocycles. The second-order valence-corrected chi connectivity index (χ2v) is 4.34. The maximum atomic E-state index is 13.4. The molecule has 0 saturated carbocycles. The monoisotopic (exact) mass is 276 g/mol. The average molecular weight is 276 g/mol. The van der Waals surface area contributed by atoms with E-state index in [1.54, 1.807) is 24.3 Å². The molecule has 0 spiro atoms. The van der Waals surface area contributed by atoms with Crippen LogP contribution in [0.4, 0.5) is 8.78 Å². The molecular weight excluding hydrogens is 262 g/mol. The Morgan fingerprint density at radius 1 is 1.15 bits per heavy atom. The van der Waals surface area contributed by atoms with Crippen molar-refractivity contribution in [3.8, 4) is 0 Å². The first-order chi connectivity index (χ1) is 9.58. The van der Waals surface area contributed by atoms with Crippen molar-refractivity contribution in [1.29, 1.82) is 0 Å². The third kappa shape index (κ3) is 3.39. The lowest BCUT2D eigenvalue weighted by atomic mass is 10.1. The number of hydrogen-bond acceptors (Lipinski definition) is 2. The van der Waals surface area contributed by atoms with Crippen molar-refractivity contribution >= 4 is 5.91 Å². The SMILES string of the molecule is N[C@H](C(=O)NCc1ccc(F)cc1F)c1ccccc1. The number of halogens is 2. The van der Waals surface area contributed by atoms with E-state index in [-0.39, 0.29) is 12.1 Å². The van der Waals surface area contributed by atoms with Crippen molar-refractivity contribution < 1.29 is 13.6 Å². The van der Waals surface area contributed by atoms with E-state index in [1.165, 1.54) is 6.07 Å². The summed E-state index contributed by atoms with van der Waals surface area (Å²) in [5.74, 6) is -1.77. The Hall–Kier alpha value is -2.27. The molecule has 0 aromatic heterocycles. The van der Waals surface area contributed by atoms with Crippen LogP contribution in [0.1, 0.15) is 17.2 Å². The minimum absolute atomic E-state index is 0.0362. The molecule has 5 heteroatoms. The molecule has 2 aromatic rings. The fraction of sp³-hybridized carbons (Fsp3) is 0.133. The quantitative estimate of drug-likeness (QED) is 0.900. The van der Waals surface area contributed by atoms with Crippen molar-refractivity contribution in [3.63, 3.8) is 0 Å². The van der Waals surface area contributed by atoms with Crippen LogP contribution in [0.3, 0.4) is 0 Å². The van der Waals surface area contributed by atoms with Crippen molar-refractivity contribution in [2.75, 3.05) is 0 Å². The van der Waals surface area contributed by atoms with E-state index in [9.17, 15) is 13.6 Å². The molecule has 104 valence electrons. The number of benzene rings is 2. The number of carbonyl (C=O) groups excluding carboxylic acids is 1. The summed E-state index contributed by atoms with van der Waals surface area (Å²) in [6.07, 6.45) is 0. The van der Waals surface area contributed by atoms with Crippen LogP contribution >= 0.6 is 0 Å². The predicted octanol–water partition coefficient (Wildman–Crippen LogP) is 2.28. The number of rotatable bonds is 4. The smallest absolute Gasteiger partial charge is 0.241 e. The van der Waals surface area contributed by atoms with Gasteiger partial charge in [0.05, 0.1) is 0 Å². The molecule has 3 N–H and O–H groups in total. The van der Waals surface area contributed by atoms with Gasteiger partial charge in [0.2, 0.25) is 5.91 Å². The molecular formula is C15H14F2N2O. The van der Waals surface area contributed by atoms with Crippen LogP contribution in [0.5, 0.6) is 0 Å². The maximum Gasteiger partial charge on any atom is 0.241 e. The van der Waals surface area contributed by atoms with Crippen molar-refractivity contribution in [1.82, 2.24) is 5.32 Å². The maximum absolute atomic E-state index is 13.4. The fourth-order valence-electron chi connectivity index (χ4n) is 1.77. The number of carbonyl (C=O) groups is 1. The number of nitrogens with two attached hydrogens (primary N) is 1. The lowest BCUT2D eigenvalue weighted by Gasteiger charge is -2.12. The summed E-state index contributed by atoms with van der Waals surface area (Å²) in [7, 11) is 0. The van der Waals surface area contributed by atoms with Crippen molar-refractivity contribution in [3.05, 3.63) is 71.3 Å². The lowest BCUT2D eigenvalue weighted by molar-refractivity contribution is -0.122. The Bertz CT molecular complexity index is 602. The molecule has 0 aliphatic carbocycles. The zero-order chi connectivity index (χ0) is 14.5. The third-order valence-corrected chi connectivity index (χ3v) is 2.91. The molecule has 0 fully saturated rings.